The molecule has 0 spiro atoms. The number of hydrogen-bond donors (Lipinski definition) is 0. The van der Waals surface area contributed by atoms with Crippen LogP contribution in [0.1, 0.15) is 47.5 Å². The molecule has 0 bridgehead atoms. The summed E-state index contributed by atoms with van der Waals surface area (Å²) in [5.74, 6) is -1.06. The average molecular weight is 315 g/mol. The summed E-state index contributed by atoms with van der Waals surface area (Å²) in [5.41, 5.74) is -0.724. The first kappa shape index (κ1) is 18.3. The van der Waals surface area contributed by atoms with E-state index in [4.69, 9.17) is 14.2 Å². The third-order valence-corrected chi connectivity index (χ3v) is 3.11. The number of carbonyl (C=O) groups excluding carboxylic acids is 3. The minimum Gasteiger partial charge on any atom is -0.464 e. The van der Waals surface area contributed by atoms with E-state index in [2.05, 4.69) is 0 Å². The van der Waals surface area contributed by atoms with Crippen molar-refractivity contribution in [3.63, 3.8) is 0 Å². The second-order valence-electron chi connectivity index (χ2n) is 6.00. The van der Waals surface area contributed by atoms with Gasteiger partial charge in [0.1, 0.15) is 17.7 Å². The van der Waals surface area contributed by atoms with E-state index in [9.17, 15) is 14.4 Å². The summed E-state index contributed by atoms with van der Waals surface area (Å²) in [5, 5.41) is 0. The average Bonchev–Trinajstić information content (AvgIpc) is 2.82. The molecular formula is C15H25NO6. The van der Waals surface area contributed by atoms with Gasteiger partial charge in [0.05, 0.1) is 13.2 Å². The molecule has 1 fully saturated rings. The van der Waals surface area contributed by atoms with Crippen LogP contribution in [0.3, 0.4) is 0 Å². The van der Waals surface area contributed by atoms with Crippen LogP contribution in [0.25, 0.3) is 0 Å². The predicted octanol–water partition coefficient (Wildman–Crippen LogP) is 1.88. The van der Waals surface area contributed by atoms with Crippen molar-refractivity contribution in [3.05, 3.63) is 0 Å². The highest BCUT2D eigenvalue weighted by atomic mass is 16.6. The highest BCUT2D eigenvalue weighted by Gasteiger charge is 2.47. The van der Waals surface area contributed by atoms with Gasteiger partial charge in [0.2, 0.25) is 0 Å². The molecule has 7 nitrogen and oxygen atoms in total. The Bertz CT molecular complexity index is 402. The summed E-state index contributed by atoms with van der Waals surface area (Å²) < 4.78 is 15.3. The molecular weight excluding hydrogens is 290 g/mol. The standard InChI is InChI=1S/C15H25NO6/c1-6-20-12(17)10-8-9-11(13(18)21-7-2)16(10)14(19)22-15(3,4)5/h10-11H,6-9H2,1-5H3/t10-,11+. The van der Waals surface area contributed by atoms with Crippen LogP contribution in [0.2, 0.25) is 0 Å². The van der Waals surface area contributed by atoms with E-state index in [1.54, 1.807) is 34.6 Å². The third-order valence-electron chi connectivity index (χ3n) is 3.11. The molecule has 0 aliphatic carbocycles. The number of ether oxygens (including phenoxy) is 3. The van der Waals surface area contributed by atoms with Crippen LogP contribution in [0.15, 0.2) is 0 Å². The van der Waals surface area contributed by atoms with Gasteiger partial charge in [-0.25, -0.2) is 14.4 Å². The minimum absolute atomic E-state index is 0.210. The molecule has 2 atom stereocenters. The van der Waals surface area contributed by atoms with Gasteiger partial charge in [-0.15, -0.1) is 0 Å². The lowest BCUT2D eigenvalue weighted by atomic mass is 10.2. The molecule has 1 saturated heterocycles. The molecule has 22 heavy (non-hydrogen) atoms. The van der Waals surface area contributed by atoms with Crippen molar-refractivity contribution in [2.75, 3.05) is 13.2 Å². The number of rotatable bonds is 4. The Labute approximate surface area is 130 Å². The zero-order valence-electron chi connectivity index (χ0n) is 13.9. The minimum atomic E-state index is -0.816. The van der Waals surface area contributed by atoms with Gasteiger partial charge >= 0.3 is 18.0 Å². The summed E-state index contributed by atoms with van der Waals surface area (Å²) in [4.78, 5) is 37.6. The first-order valence-electron chi connectivity index (χ1n) is 7.55. The third kappa shape index (κ3) is 4.61. The van der Waals surface area contributed by atoms with Crippen LogP contribution in [0.5, 0.6) is 0 Å². The number of hydrogen-bond acceptors (Lipinski definition) is 6. The van der Waals surface area contributed by atoms with Gasteiger partial charge in [-0.2, -0.15) is 0 Å². The number of esters is 2. The van der Waals surface area contributed by atoms with Crippen LogP contribution in [0.4, 0.5) is 4.79 Å². The molecule has 126 valence electrons. The maximum Gasteiger partial charge on any atom is 0.411 e. The topological polar surface area (TPSA) is 82.1 Å². The van der Waals surface area contributed by atoms with Gasteiger partial charge in [-0.05, 0) is 47.5 Å². The van der Waals surface area contributed by atoms with Crippen LogP contribution >= 0.6 is 0 Å². The van der Waals surface area contributed by atoms with E-state index in [1.165, 1.54) is 0 Å². The van der Waals surface area contributed by atoms with Crippen LogP contribution in [0, 0.1) is 0 Å². The highest BCUT2D eigenvalue weighted by Crippen LogP contribution is 2.28. The van der Waals surface area contributed by atoms with Gasteiger partial charge in [0.15, 0.2) is 0 Å². The number of nitrogens with zero attached hydrogens (tertiary/aromatic N) is 1. The molecule has 1 aliphatic heterocycles. The predicted molar refractivity (Wildman–Crippen MR) is 78.1 cm³/mol. The van der Waals surface area contributed by atoms with Crippen molar-refractivity contribution < 1.29 is 28.6 Å². The summed E-state index contributed by atoms with van der Waals surface area (Å²) in [6.07, 6.45) is -0.00978. The quantitative estimate of drug-likeness (QED) is 0.582. The fourth-order valence-electron chi connectivity index (χ4n) is 2.32. The Kier molecular flexibility index (Phi) is 6.20. The van der Waals surface area contributed by atoms with E-state index < -0.39 is 35.7 Å². The van der Waals surface area contributed by atoms with Gasteiger partial charge in [-0.1, -0.05) is 0 Å². The van der Waals surface area contributed by atoms with Crippen LogP contribution in [-0.2, 0) is 23.8 Å². The molecule has 0 N–H and O–H groups in total. The second kappa shape index (κ2) is 7.47. The molecule has 0 aromatic carbocycles. The lowest BCUT2D eigenvalue weighted by molar-refractivity contribution is -0.153. The molecule has 1 rings (SSSR count). The fourth-order valence-corrected chi connectivity index (χ4v) is 2.32. The molecule has 7 heteroatoms. The molecule has 1 amide bonds. The number of carbonyl (C=O) groups is 3. The Balaban J connectivity index is 2.97. The lowest BCUT2D eigenvalue weighted by Crippen LogP contribution is -2.50. The molecule has 0 aromatic rings. The van der Waals surface area contributed by atoms with Crippen LogP contribution in [-0.4, -0.2) is 53.8 Å². The van der Waals surface area contributed by atoms with E-state index in [-0.39, 0.29) is 13.2 Å². The van der Waals surface area contributed by atoms with Crippen LogP contribution < -0.4 is 0 Å². The Hall–Kier alpha value is -1.79. The highest BCUT2D eigenvalue weighted by molar-refractivity contribution is 5.88. The molecule has 0 unspecified atom stereocenters. The van der Waals surface area contributed by atoms with Gasteiger partial charge in [0, 0.05) is 0 Å². The first-order valence-corrected chi connectivity index (χ1v) is 7.55. The monoisotopic (exact) mass is 315 g/mol. The van der Waals surface area contributed by atoms with Crippen molar-refractivity contribution in [2.24, 2.45) is 0 Å². The SMILES string of the molecule is CCOC(=O)[C@H]1CC[C@@H](C(=O)OCC)N1C(=O)OC(C)(C)C. The van der Waals surface area contributed by atoms with E-state index in [0.29, 0.717) is 12.8 Å². The van der Waals surface area contributed by atoms with Gasteiger partial charge < -0.3 is 14.2 Å². The van der Waals surface area contributed by atoms with Crippen molar-refractivity contribution in [1.82, 2.24) is 4.90 Å². The van der Waals surface area contributed by atoms with Crippen molar-refractivity contribution in [2.45, 2.75) is 65.1 Å². The first-order chi connectivity index (χ1) is 10.2. The lowest BCUT2D eigenvalue weighted by Gasteiger charge is -2.30. The van der Waals surface area contributed by atoms with Crippen molar-refractivity contribution >= 4 is 18.0 Å². The second-order valence-corrected chi connectivity index (χ2v) is 6.00. The van der Waals surface area contributed by atoms with Crippen molar-refractivity contribution in [1.29, 1.82) is 0 Å². The smallest absolute Gasteiger partial charge is 0.411 e. The fraction of sp³-hybridized carbons (Fsp3) is 0.800. The summed E-state index contributed by atoms with van der Waals surface area (Å²) in [6.45, 7) is 8.96. The summed E-state index contributed by atoms with van der Waals surface area (Å²) in [7, 11) is 0. The molecule has 1 heterocycles. The number of likely N-dealkylation sites (tertiary alicyclic amines) is 1. The van der Waals surface area contributed by atoms with Gasteiger partial charge in [-0.3, -0.25) is 4.90 Å². The zero-order chi connectivity index (χ0) is 16.9. The molecule has 0 radical (unpaired) electrons. The molecule has 0 aromatic heterocycles. The maximum atomic E-state index is 12.4. The van der Waals surface area contributed by atoms with E-state index >= 15 is 0 Å². The zero-order valence-corrected chi connectivity index (χ0v) is 13.9. The summed E-state index contributed by atoms with van der Waals surface area (Å²) in [6, 6.07) is -1.63. The van der Waals surface area contributed by atoms with Crippen molar-refractivity contribution in [3.8, 4) is 0 Å². The van der Waals surface area contributed by atoms with Gasteiger partial charge in [0.25, 0.3) is 0 Å². The maximum absolute atomic E-state index is 12.4. The molecule has 1 aliphatic rings. The Morgan fingerprint density at radius 3 is 1.68 bits per heavy atom. The number of amides is 1. The largest absolute Gasteiger partial charge is 0.464 e. The Morgan fingerprint density at radius 2 is 1.36 bits per heavy atom. The Morgan fingerprint density at radius 1 is 0.955 bits per heavy atom. The van der Waals surface area contributed by atoms with E-state index in [0.717, 1.165) is 4.90 Å². The van der Waals surface area contributed by atoms with E-state index in [1.807, 2.05) is 0 Å². The molecule has 0 saturated carbocycles. The summed E-state index contributed by atoms with van der Waals surface area (Å²) >= 11 is 0. The normalized spacial score (nSPS) is 21.4.